The van der Waals surface area contributed by atoms with E-state index in [0.29, 0.717) is 0 Å². The summed E-state index contributed by atoms with van der Waals surface area (Å²) in [5, 5.41) is 0. The first-order valence-corrected chi connectivity index (χ1v) is 6.17. The van der Waals surface area contributed by atoms with Gasteiger partial charge < -0.3 is 10.6 Å². The van der Waals surface area contributed by atoms with E-state index >= 15 is 0 Å². The Kier molecular flexibility index (Phi) is 2.91. The Balaban J connectivity index is 2.24. The minimum absolute atomic E-state index is 0.773. The summed E-state index contributed by atoms with van der Waals surface area (Å²) in [6, 6.07) is 6.04. The van der Waals surface area contributed by atoms with Crippen molar-refractivity contribution in [1.29, 1.82) is 0 Å². The molecule has 1 aliphatic rings. The average molecular weight is 269 g/mol. The minimum atomic E-state index is 0.773. The minimum Gasteiger partial charge on any atom is -0.399 e. The van der Waals surface area contributed by atoms with Gasteiger partial charge in [0.25, 0.3) is 0 Å². The fourth-order valence-corrected chi connectivity index (χ4v) is 2.75. The molecule has 15 heavy (non-hydrogen) atoms. The quantitative estimate of drug-likeness (QED) is 0.794. The van der Waals surface area contributed by atoms with Crippen LogP contribution in [0.15, 0.2) is 22.7 Å². The van der Waals surface area contributed by atoms with Gasteiger partial charge in [0.2, 0.25) is 0 Å². The Bertz CT molecular complexity index is 355. The van der Waals surface area contributed by atoms with Crippen molar-refractivity contribution in [1.82, 2.24) is 0 Å². The van der Waals surface area contributed by atoms with Crippen molar-refractivity contribution >= 4 is 27.3 Å². The highest BCUT2D eigenvalue weighted by Gasteiger charge is 2.26. The van der Waals surface area contributed by atoms with Gasteiger partial charge >= 0.3 is 0 Å². The molecular weight excluding hydrogens is 252 g/mol. The van der Waals surface area contributed by atoms with Gasteiger partial charge in [0, 0.05) is 23.2 Å². The van der Waals surface area contributed by atoms with Crippen molar-refractivity contribution in [3.8, 4) is 0 Å². The normalized spacial score (nSPS) is 25.9. The fraction of sp³-hybridized carbons (Fsp3) is 0.500. The van der Waals surface area contributed by atoms with Gasteiger partial charge in [-0.25, -0.2) is 0 Å². The average Bonchev–Trinajstić information content (AvgIpc) is 2.46. The molecule has 0 bridgehead atoms. The molecule has 0 radical (unpaired) electrons. The molecule has 0 spiro atoms. The van der Waals surface area contributed by atoms with Gasteiger partial charge in [0.15, 0.2) is 0 Å². The van der Waals surface area contributed by atoms with Crippen molar-refractivity contribution in [2.45, 2.75) is 13.8 Å². The zero-order chi connectivity index (χ0) is 11.0. The summed E-state index contributed by atoms with van der Waals surface area (Å²) in [5.41, 5.74) is 7.81. The third-order valence-corrected chi connectivity index (χ3v) is 3.94. The molecular formula is C12H17BrN2. The Morgan fingerprint density at radius 1 is 1.27 bits per heavy atom. The van der Waals surface area contributed by atoms with Gasteiger partial charge in [-0.05, 0) is 46.0 Å². The van der Waals surface area contributed by atoms with E-state index in [1.54, 1.807) is 0 Å². The second kappa shape index (κ2) is 4.05. The summed E-state index contributed by atoms with van der Waals surface area (Å²) in [7, 11) is 0. The number of hydrogen-bond acceptors (Lipinski definition) is 2. The van der Waals surface area contributed by atoms with Crippen LogP contribution in [0.4, 0.5) is 11.4 Å². The van der Waals surface area contributed by atoms with E-state index in [9.17, 15) is 0 Å². The first-order valence-electron chi connectivity index (χ1n) is 5.38. The van der Waals surface area contributed by atoms with E-state index in [-0.39, 0.29) is 0 Å². The van der Waals surface area contributed by atoms with E-state index in [2.05, 4.69) is 40.7 Å². The molecule has 1 heterocycles. The summed E-state index contributed by atoms with van der Waals surface area (Å²) in [6.45, 7) is 6.92. The molecule has 1 aromatic carbocycles. The lowest BCUT2D eigenvalue weighted by Gasteiger charge is -2.20. The van der Waals surface area contributed by atoms with Gasteiger partial charge in [-0.1, -0.05) is 13.8 Å². The molecule has 82 valence electrons. The van der Waals surface area contributed by atoms with E-state index < -0.39 is 0 Å². The smallest absolute Gasteiger partial charge is 0.0512 e. The van der Waals surface area contributed by atoms with Crippen LogP contribution in [0.3, 0.4) is 0 Å². The van der Waals surface area contributed by atoms with Crippen molar-refractivity contribution in [3.05, 3.63) is 22.7 Å². The maximum absolute atomic E-state index is 5.73. The Morgan fingerprint density at radius 3 is 2.40 bits per heavy atom. The van der Waals surface area contributed by atoms with E-state index in [4.69, 9.17) is 5.73 Å². The molecule has 1 saturated heterocycles. The van der Waals surface area contributed by atoms with Crippen LogP contribution >= 0.6 is 15.9 Å². The summed E-state index contributed by atoms with van der Waals surface area (Å²) in [5.74, 6) is 1.55. The molecule has 2 N–H and O–H groups in total. The Hall–Kier alpha value is -0.700. The molecule has 0 aliphatic carbocycles. The number of benzene rings is 1. The van der Waals surface area contributed by atoms with Crippen LogP contribution in [0, 0.1) is 11.8 Å². The Labute approximate surface area is 99.6 Å². The first kappa shape index (κ1) is 10.8. The van der Waals surface area contributed by atoms with Crippen LogP contribution in [0.5, 0.6) is 0 Å². The number of halogens is 1. The maximum atomic E-state index is 5.73. The summed E-state index contributed by atoms with van der Waals surface area (Å²) >= 11 is 3.58. The summed E-state index contributed by atoms with van der Waals surface area (Å²) in [4.78, 5) is 2.43. The monoisotopic (exact) mass is 268 g/mol. The highest BCUT2D eigenvalue weighted by Crippen LogP contribution is 2.33. The topological polar surface area (TPSA) is 29.3 Å². The van der Waals surface area contributed by atoms with Crippen molar-refractivity contribution in [2.75, 3.05) is 23.7 Å². The predicted molar refractivity (Wildman–Crippen MR) is 69.1 cm³/mol. The highest BCUT2D eigenvalue weighted by molar-refractivity contribution is 9.10. The molecule has 0 aromatic heterocycles. The van der Waals surface area contributed by atoms with E-state index in [1.807, 2.05) is 12.1 Å². The molecule has 2 atom stereocenters. The second-order valence-corrected chi connectivity index (χ2v) is 5.42. The molecule has 3 heteroatoms. The van der Waals surface area contributed by atoms with Crippen molar-refractivity contribution < 1.29 is 0 Å². The first-order chi connectivity index (χ1) is 7.08. The largest absolute Gasteiger partial charge is 0.399 e. The van der Waals surface area contributed by atoms with Crippen LogP contribution in [0.25, 0.3) is 0 Å². The number of nitrogens with two attached hydrogens (primary N) is 1. The zero-order valence-corrected chi connectivity index (χ0v) is 10.8. The molecule has 0 amide bonds. The molecule has 2 nitrogen and oxygen atoms in total. The van der Waals surface area contributed by atoms with Gasteiger partial charge in [0.1, 0.15) is 0 Å². The third-order valence-electron chi connectivity index (χ3n) is 3.30. The number of hydrogen-bond donors (Lipinski definition) is 1. The number of rotatable bonds is 1. The van der Waals surface area contributed by atoms with Crippen molar-refractivity contribution in [2.24, 2.45) is 11.8 Å². The standard InChI is InChI=1S/C12H17BrN2/c1-8-6-15(7-9(8)2)12-4-3-10(14)5-11(12)13/h3-5,8-9H,6-7,14H2,1-2H3. The van der Waals surface area contributed by atoms with E-state index in [1.165, 1.54) is 5.69 Å². The third kappa shape index (κ3) is 2.12. The second-order valence-electron chi connectivity index (χ2n) is 4.57. The van der Waals surface area contributed by atoms with Crippen LogP contribution in [0.1, 0.15) is 13.8 Å². The van der Waals surface area contributed by atoms with Crippen LogP contribution < -0.4 is 10.6 Å². The van der Waals surface area contributed by atoms with Crippen LogP contribution in [0.2, 0.25) is 0 Å². The predicted octanol–water partition coefficient (Wildman–Crippen LogP) is 3.12. The van der Waals surface area contributed by atoms with Gasteiger partial charge in [-0.2, -0.15) is 0 Å². The number of nitrogen functional groups attached to an aromatic ring is 1. The lowest BCUT2D eigenvalue weighted by Crippen LogP contribution is -2.19. The maximum Gasteiger partial charge on any atom is 0.0512 e. The van der Waals surface area contributed by atoms with Gasteiger partial charge in [-0.15, -0.1) is 0 Å². The molecule has 1 fully saturated rings. The van der Waals surface area contributed by atoms with Crippen molar-refractivity contribution in [3.63, 3.8) is 0 Å². The fourth-order valence-electron chi connectivity index (χ4n) is 2.11. The summed E-state index contributed by atoms with van der Waals surface area (Å²) in [6.07, 6.45) is 0. The Morgan fingerprint density at radius 2 is 1.87 bits per heavy atom. The highest BCUT2D eigenvalue weighted by atomic mass is 79.9. The van der Waals surface area contributed by atoms with Crippen LogP contribution in [-0.2, 0) is 0 Å². The molecule has 2 unspecified atom stereocenters. The van der Waals surface area contributed by atoms with Gasteiger partial charge in [-0.3, -0.25) is 0 Å². The molecule has 1 aliphatic heterocycles. The molecule has 1 aromatic rings. The van der Waals surface area contributed by atoms with E-state index in [0.717, 1.165) is 35.1 Å². The SMILES string of the molecule is CC1CN(c2ccc(N)cc2Br)CC1C. The van der Waals surface area contributed by atoms with Gasteiger partial charge in [0.05, 0.1) is 5.69 Å². The van der Waals surface area contributed by atoms with Crippen LogP contribution in [-0.4, -0.2) is 13.1 Å². The lowest BCUT2D eigenvalue weighted by atomic mass is 10.0. The summed E-state index contributed by atoms with van der Waals surface area (Å²) < 4.78 is 1.10. The zero-order valence-electron chi connectivity index (χ0n) is 9.20. The molecule has 2 rings (SSSR count). The lowest BCUT2D eigenvalue weighted by molar-refractivity contribution is 0.494. The molecule has 0 saturated carbocycles. The number of nitrogens with zero attached hydrogens (tertiary/aromatic N) is 1. The number of anilines is 2.